The highest BCUT2D eigenvalue weighted by Crippen LogP contribution is 2.20. The first-order valence-corrected chi connectivity index (χ1v) is 6.80. The molecule has 114 valence electrons. The van der Waals surface area contributed by atoms with Crippen LogP contribution in [0.25, 0.3) is 11.1 Å². The predicted octanol–water partition coefficient (Wildman–Crippen LogP) is 3.72. The average molecular weight is 309 g/mol. The standard InChI is InChI=1S/C17H12FN3O2/c18-14-5-1-3-11(7-14)13-9-19-17(20-10-13)21-15-6-2-4-12(8-15)16(22)23/h1-10H,(H,22,23)(H,19,20,21). The van der Waals surface area contributed by atoms with Gasteiger partial charge in [0.25, 0.3) is 0 Å². The summed E-state index contributed by atoms with van der Waals surface area (Å²) >= 11 is 0. The molecule has 0 saturated heterocycles. The Labute approximate surface area is 131 Å². The fraction of sp³-hybridized carbons (Fsp3) is 0. The van der Waals surface area contributed by atoms with Crippen LogP contribution < -0.4 is 5.32 Å². The van der Waals surface area contributed by atoms with E-state index in [0.29, 0.717) is 22.8 Å². The van der Waals surface area contributed by atoms with E-state index in [1.807, 2.05) is 0 Å². The number of benzene rings is 2. The first-order valence-electron chi connectivity index (χ1n) is 6.80. The summed E-state index contributed by atoms with van der Waals surface area (Å²) in [7, 11) is 0. The van der Waals surface area contributed by atoms with Gasteiger partial charge < -0.3 is 10.4 Å². The van der Waals surface area contributed by atoms with Gasteiger partial charge in [-0.2, -0.15) is 0 Å². The van der Waals surface area contributed by atoms with E-state index in [2.05, 4.69) is 15.3 Å². The van der Waals surface area contributed by atoms with Crippen molar-refractivity contribution in [2.75, 3.05) is 5.32 Å². The van der Waals surface area contributed by atoms with Crippen LogP contribution in [-0.2, 0) is 0 Å². The number of aromatic carboxylic acids is 1. The number of carboxylic acid groups (broad SMARTS) is 1. The Kier molecular flexibility index (Phi) is 3.97. The van der Waals surface area contributed by atoms with Gasteiger partial charge in [0.2, 0.25) is 5.95 Å². The maximum atomic E-state index is 13.2. The molecule has 0 spiro atoms. The molecule has 1 heterocycles. The molecule has 0 fully saturated rings. The number of anilines is 2. The number of nitrogens with one attached hydrogen (secondary N) is 1. The quantitative estimate of drug-likeness (QED) is 0.768. The highest BCUT2D eigenvalue weighted by molar-refractivity contribution is 5.89. The van der Waals surface area contributed by atoms with Crippen molar-refractivity contribution in [3.05, 3.63) is 72.3 Å². The third-order valence-electron chi connectivity index (χ3n) is 3.18. The van der Waals surface area contributed by atoms with Crippen LogP contribution in [0.2, 0.25) is 0 Å². The van der Waals surface area contributed by atoms with Gasteiger partial charge in [0, 0.05) is 23.6 Å². The zero-order valence-corrected chi connectivity index (χ0v) is 11.9. The maximum Gasteiger partial charge on any atom is 0.335 e. The van der Waals surface area contributed by atoms with E-state index in [1.54, 1.807) is 36.7 Å². The Morgan fingerprint density at radius 3 is 2.43 bits per heavy atom. The molecule has 0 aliphatic rings. The first kappa shape index (κ1) is 14.6. The number of aromatic nitrogens is 2. The van der Waals surface area contributed by atoms with Crippen molar-refractivity contribution in [3.8, 4) is 11.1 Å². The minimum atomic E-state index is -1.00. The number of halogens is 1. The lowest BCUT2D eigenvalue weighted by Gasteiger charge is -2.06. The van der Waals surface area contributed by atoms with Gasteiger partial charge in [0.05, 0.1) is 5.56 Å². The summed E-state index contributed by atoms with van der Waals surface area (Å²) in [5.41, 5.74) is 2.12. The van der Waals surface area contributed by atoms with E-state index in [9.17, 15) is 9.18 Å². The van der Waals surface area contributed by atoms with Gasteiger partial charge in [-0.1, -0.05) is 18.2 Å². The van der Waals surface area contributed by atoms with E-state index in [-0.39, 0.29) is 11.4 Å². The van der Waals surface area contributed by atoms with Crippen molar-refractivity contribution in [1.82, 2.24) is 9.97 Å². The Morgan fingerprint density at radius 1 is 1.00 bits per heavy atom. The second kappa shape index (κ2) is 6.23. The summed E-state index contributed by atoms with van der Waals surface area (Å²) in [6.45, 7) is 0. The second-order valence-electron chi connectivity index (χ2n) is 4.82. The molecule has 3 aromatic rings. The van der Waals surface area contributed by atoms with Crippen LogP contribution in [0.15, 0.2) is 60.9 Å². The zero-order chi connectivity index (χ0) is 16.2. The minimum absolute atomic E-state index is 0.173. The lowest BCUT2D eigenvalue weighted by molar-refractivity contribution is 0.0697. The van der Waals surface area contributed by atoms with Crippen molar-refractivity contribution in [2.24, 2.45) is 0 Å². The molecular formula is C17H12FN3O2. The number of carbonyl (C=O) groups is 1. The van der Waals surface area contributed by atoms with Crippen molar-refractivity contribution in [3.63, 3.8) is 0 Å². The predicted molar refractivity (Wildman–Crippen MR) is 84.1 cm³/mol. The number of nitrogens with zero attached hydrogens (tertiary/aromatic N) is 2. The van der Waals surface area contributed by atoms with E-state index in [4.69, 9.17) is 5.11 Å². The Bertz CT molecular complexity index is 850. The van der Waals surface area contributed by atoms with Crippen LogP contribution in [0.4, 0.5) is 16.0 Å². The van der Waals surface area contributed by atoms with Crippen LogP contribution in [0.5, 0.6) is 0 Å². The Balaban J connectivity index is 1.80. The summed E-state index contributed by atoms with van der Waals surface area (Å²) in [6.07, 6.45) is 3.15. The first-order chi connectivity index (χ1) is 11.1. The van der Waals surface area contributed by atoms with E-state index < -0.39 is 5.97 Å². The molecule has 5 nitrogen and oxygen atoms in total. The second-order valence-corrected chi connectivity index (χ2v) is 4.82. The highest BCUT2D eigenvalue weighted by atomic mass is 19.1. The molecule has 3 rings (SSSR count). The van der Waals surface area contributed by atoms with Crippen molar-refractivity contribution in [2.45, 2.75) is 0 Å². The van der Waals surface area contributed by atoms with Gasteiger partial charge in [0.1, 0.15) is 5.82 Å². The Morgan fingerprint density at radius 2 is 1.74 bits per heavy atom. The number of hydrogen-bond acceptors (Lipinski definition) is 4. The molecule has 23 heavy (non-hydrogen) atoms. The molecule has 0 saturated carbocycles. The summed E-state index contributed by atoms with van der Waals surface area (Å²) in [5, 5.41) is 11.9. The molecule has 6 heteroatoms. The average Bonchev–Trinajstić information content (AvgIpc) is 2.56. The van der Waals surface area contributed by atoms with Gasteiger partial charge in [-0.05, 0) is 35.9 Å². The van der Waals surface area contributed by atoms with E-state index >= 15 is 0 Å². The molecular weight excluding hydrogens is 297 g/mol. The number of hydrogen-bond donors (Lipinski definition) is 2. The largest absolute Gasteiger partial charge is 0.478 e. The number of rotatable bonds is 4. The summed E-state index contributed by atoms with van der Waals surface area (Å²) in [5.74, 6) is -1.00. The zero-order valence-electron chi connectivity index (χ0n) is 11.9. The number of carboxylic acids is 1. The minimum Gasteiger partial charge on any atom is -0.478 e. The van der Waals surface area contributed by atoms with Crippen molar-refractivity contribution in [1.29, 1.82) is 0 Å². The van der Waals surface area contributed by atoms with Gasteiger partial charge in [-0.25, -0.2) is 19.2 Å². The molecule has 0 unspecified atom stereocenters. The third kappa shape index (κ3) is 3.49. The van der Waals surface area contributed by atoms with Crippen molar-refractivity contribution < 1.29 is 14.3 Å². The summed E-state index contributed by atoms with van der Waals surface area (Å²) in [4.78, 5) is 19.3. The van der Waals surface area contributed by atoms with Gasteiger partial charge in [-0.3, -0.25) is 0 Å². The maximum absolute atomic E-state index is 13.2. The summed E-state index contributed by atoms with van der Waals surface area (Å²) in [6, 6.07) is 12.5. The molecule has 0 aliphatic heterocycles. The SMILES string of the molecule is O=C(O)c1cccc(Nc2ncc(-c3cccc(F)c3)cn2)c1. The highest BCUT2D eigenvalue weighted by Gasteiger charge is 2.05. The third-order valence-corrected chi connectivity index (χ3v) is 3.18. The lowest BCUT2D eigenvalue weighted by Crippen LogP contribution is -2.00. The molecule has 0 bridgehead atoms. The van der Waals surface area contributed by atoms with Gasteiger partial charge >= 0.3 is 5.97 Å². The molecule has 0 aliphatic carbocycles. The smallest absolute Gasteiger partial charge is 0.335 e. The van der Waals surface area contributed by atoms with E-state index in [0.717, 1.165) is 0 Å². The van der Waals surface area contributed by atoms with Crippen LogP contribution in [0.3, 0.4) is 0 Å². The molecule has 2 aromatic carbocycles. The monoisotopic (exact) mass is 309 g/mol. The van der Waals surface area contributed by atoms with E-state index in [1.165, 1.54) is 24.3 Å². The Hall–Kier alpha value is -3.28. The molecule has 1 aromatic heterocycles. The van der Waals surface area contributed by atoms with Crippen molar-refractivity contribution >= 4 is 17.6 Å². The molecule has 2 N–H and O–H groups in total. The summed E-state index contributed by atoms with van der Waals surface area (Å²) < 4.78 is 13.2. The fourth-order valence-electron chi connectivity index (χ4n) is 2.07. The van der Waals surface area contributed by atoms with Gasteiger partial charge in [0.15, 0.2) is 0 Å². The van der Waals surface area contributed by atoms with Crippen LogP contribution in [-0.4, -0.2) is 21.0 Å². The normalized spacial score (nSPS) is 10.3. The molecule has 0 atom stereocenters. The van der Waals surface area contributed by atoms with Crippen LogP contribution >= 0.6 is 0 Å². The topological polar surface area (TPSA) is 75.1 Å². The van der Waals surface area contributed by atoms with Crippen LogP contribution in [0, 0.1) is 5.82 Å². The molecule has 0 radical (unpaired) electrons. The van der Waals surface area contributed by atoms with Crippen LogP contribution in [0.1, 0.15) is 10.4 Å². The lowest BCUT2D eigenvalue weighted by atomic mass is 10.1. The molecule has 0 amide bonds. The fourth-order valence-corrected chi connectivity index (χ4v) is 2.07. The van der Waals surface area contributed by atoms with Gasteiger partial charge in [-0.15, -0.1) is 0 Å².